The molecule has 0 spiro atoms. The zero-order valence-corrected chi connectivity index (χ0v) is 18.6. The number of ether oxygens (including phenoxy) is 2. The molecule has 0 atom stereocenters. The Morgan fingerprint density at radius 3 is 2.52 bits per heavy atom. The summed E-state index contributed by atoms with van der Waals surface area (Å²) in [6, 6.07) is 20.4. The molecule has 0 bridgehead atoms. The molecule has 0 aliphatic carbocycles. The molecule has 3 rings (SSSR count). The maximum absolute atomic E-state index is 6.28. The minimum atomic E-state index is 0. The van der Waals surface area contributed by atoms with Crippen molar-refractivity contribution >= 4 is 34.8 Å². The molecule has 0 unspecified atom stereocenters. The summed E-state index contributed by atoms with van der Waals surface area (Å²) >= 11 is 6.28. The molecule has 0 aliphatic heterocycles. The molecule has 0 saturated heterocycles. The normalized spacial score (nSPS) is 10.9. The fourth-order valence-electron chi connectivity index (χ4n) is 3.13. The van der Waals surface area contributed by atoms with Crippen LogP contribution in [0, 0.1) is 0 Å². The molecule has 0 aromatic heterocycles. The molecule has 0 fully saturated rings. The summed E-state index contributed by atoms with van der Waals surface area (Å²) in [5, 5.41) is 6.69. The number of benzene rings is 3. The standard InChI is InChI=1S/C24H28ClNO2.ClH/c1-18(2)27-15-7-14-26-16-22-21-10-5-3-8-19(21)12-13-24(22)28-17-20-9-4-6-11-23(20)25;/h3-6,8-13,18,26H,7,14-17H2,1-2H3;1H. The van der Waals surface area contributed by atoms with Gasteiger partial charge in [0.05, 0.1) is 6.10 Å². The monoisotopic (exact) mass is 433 g/mol. The molecule has 0 saturated carbocycles. The Balaban J connectivity index is 0.00000300. The van der Waals surface area contributed by atoms with Crippen molar-refractivity contribution in [3.8, 4) is 5.75 Å². The first kappa shape index (κ1) is 23.5. The highest BCUT2D eigenvalue weighted by Gasteiger charge is 2.10. The largest absolute Gasteiger partial charge is 0.488 e. The molecule has 29 heavy (non-hydrogen) atoms. The lowest BCUT2D eigenvalue weighted by Gasteiger charge is -2.16. The molecule has 3 nitrogen and oxygen atoms in total. The van der Waals surface area contributed by atoms with E-state index >= 15 is 0 Å². The third-order valence-electron chi connectivity index (χ3n) is 4.59. The third-order valence-corrected chi connectivity index (χ3v) is 4.96. The van der Waals surface area contributed by atoms with Crippen LogP contribution in [0.15, 0.2) is 60.7 Å². The lowest BCUT2D eigenvalue weighted by Crippen LogP contribution is -2.18. The van der Waals surface area contributed by atoms with Crippen LogP contribution in [0.2, 0.25) is 5.02 Å². The molecular weight excluding hydrogens is 405 g/mol. The van der Waals surface area contributed by atoms with Crippen LogP contribution in [0.1, 0.15) is 31.4 Å². The van der Waals surface area contributed by atoms with E-state index in [4.69, 9.17) is 21.1 Å². The average Bonchev–Trinajstić information content (AvgIpc) is 2.70. The number of fused-ring (bicyclic) bond motifs is 1. The van der Waals surface area contributed by atoms with E-state index in [1.165, 1.54) is 16.3 Å². The van der Waals surface area contributed by atoms with E-state index in [2.05, 4.69) is 55.6 Å². The number of hydrogen-bond donors (Lipinski definition) is 1. The van der Waals surface area contributed by atoms with Gasteiger partial charge >= 0.3 is 0 Å². The maximum Gasteiger partial charge on any atom is 0.124 e. The first-order valence-corrected chi connectivity index (χ1v) is 10.2. The highest BCUT2D eigenvalue weighted by atomic mass is 35.5. The van der Waals surface area contributed by atoms with E-state index in [-0.39, 0.29) is 18.5 Å². The van der Waals surface area contributed by atoms with E-state index in [1.807, 2.05) is 24.3 Å². The molecule has 5 heteroatoms. The predicted octanol–water partition coefficient (Wildman–Crippen LogP) is 6.40. The van der Waals surface area contributed by atoms with Crippen molar-refractivity contribution in [2.75, 3.05) is 13.2 Å². The van der Waals surface area contributed by atoms with E-state index < -0.39 is 0 Å². The zero-order chi connectivity index (χ0) is 19.8. The Hall–Kier alpha value is -1.78. The second-order valence-electron chi connectivity index (χ2n) is 7.09. The van der Waals surface area contributed by atoms with Gasteiger partial charge in [0.1, 0.15) is 12.4 Å². The van der Waals surface area contributed by atoms with Gasteiger partial charge in [0.2, 0.25) is 0 Å². The van der Waals surface area contributed by atoms with Crippen molar-refractivity contribution in [3.05, 3.63) is 76.8 Å². The number of hydrogen-bond acceptors (Lipinski definition) is 3. The van der Waals surface area contributed by atoms with Crippen molar-refractivity contribution in [2.24, 2.45) is 0 Å². The van der Waals surface area contributed by atoms with Crippen LogP contribution in [0.5, 0.6) is 5.75 Å². The van der Waals surface area contributed by atoms with Crippen LogP contribution in [-0.4, -0.2) is 19.3 Å². The summed E-state index contributed by atoms with van der Waals surface area (Å²) in [7, 11) is 0. The number of halogens is 2. The SMILES string of the molecule is CC(C)OCCCNCc1c(OCc2ccccc2Cl)ccc2ccccc12.Cl. The van der Waals surface area contributed by atoms with Gasteiger partial charge in [-0.05, 0) is 49.7 Å². The minimum absolute atomic E-state index is 0. The summed E-state index contributed by atoms with van der Waals surface area (Å²) in [5.74, 6) is 0.893. The molecule has 0 radical (unpaired) electrons. The van der Waals surface area contributed by atoms with Gasteiger partial charge in [-0.15, -0.1) is 12.4 Å². The van der Waals surface area contributed by atoms with E-state index in [0.717, 1.165) is 42.5 Å². The van der Waals surface area contributed by atoms with Gasteiger partial charge in [0, 0.05) is 29.3 Å². The molecule has 0 heterocycles. The van der Waals surface area contributed by atoms with E-state index in [9.17, 15) is 0 Å². The minimum Gasteiger partial charge on any atom is -0.488 e. The van der Waals surface area contributed by atoms with Gasteiger partial charge in [-0.3, -0.25) is 0 Å². The first-order chi connectivity index (χ1) is 13.6. The van der Waals surface area contributed by atoms with Crippen molar-refractivity contribution in [2.45, 2.75) is 39.5 Å². The Bertz CT molecular complexity index is 899. The summed E-state index contributed by atoms with van der Waals surface area (Å²) in [5.41, 5.74) is 2.16. The van der Waals surface area contributed by atoms with Crippen LogP contribution >= 0.6 is 24.0 Å². The summed E-state index contributed by atoms with van der Waals surface area (Å²) in [6.07, 6.45) is 1.27. The van der Waals surface area contributed by atoms with Crippen molar-refractivity contribution in [3.63, 3.8) is 0 Å². The van der Waals surface area contributed by atoms with Crippen LogP contribution < -0.4 is 10.1 Å². The van der Waals surface area contributed by atoms with E-state index in [0.29, 0.717) is 6.61 Å². The number of rotatable bonds is 10. The van der Waals surface area contributed by atoms with Gasteiger partial charge in [-0.25, -0.2) is 0 Å². The molecule has 0 amide bonds. The maximum atomic E-state index is 6.28. The second-order valence-corrected chi connectivity index (χ2v) is 7.50. The quantitative estimate of drug-likeness (QED) is 0.375. The summed E-state index contributed by atoms with van der Waals surface area (Å²) in [4.78, 5) is 0. The molecular formula is C24H29Cl2NO2. The summed E-state index contributed by atoms with van der Waals surface area (Å²) in [6.45, 7) is 7.00. The van der Waals surface area contributed by atoms with Crippen molar-refractivity contribution in [1.29, 1.82) is 0 Å². The first-order valence-electron chi connectivity index (χ1n) is 9.84. The Labute approximate surface area is 184 Å². The Morgan fingerprint density at radius 2 is 1.72 bits per heavy atom. The third kappa shape index (κ3) is 6.90. The topological polar surface area (TPSA) is 30.5 Å². The van der Waals surface area contributed by atoms with Gasteiger partial charge in [0.15, 0.2) is 0 Å². The van der Waals surface area contributed by atoms with Gasteiger partial charge in [0.25, 0.3) is 0 Å². The number of nitrogens with one attached hydrogen (secondary N) is 1. The van der Waals surface area contributed by atoms with Crippen LogP contribution in [0.4, 0.5) is 0 Å². The molecule has 1 N–H and O–H groups in total. The Morgan fingerprint density at radius 1 is 0.966 bits per heavy atom. The lowest BCUT2D eigenvalue weighted by atomic mass is 10.0. The lowest BCUT2D eigenvalue weighted by molar-refractivity contribution is 0.0770. The van der Waals surface area contributed by atoms with Gasteiger partial charge in [-0.2, -0.15) is 0 Å². The second kappa shape index (κ2) is 12.0. The average molecular weight is 434 g/mol. The van der Waals surface area contributed by atoms with Crippen LogP contribution in [0.3, 0.4) is 0 Å². The highest BCUT2D eigenvalue weighted by molar-refractivity contribution is 6.31. The van der Waals surface area contributed by atoms with Crippen LogP contribution in [0.25, 0.3) is 10.8 Å². The molecule has 156 valence electrons. The Kier molecular flexibility index (Phi) is 9.75. The molecule has 3 aromatic carbocycles. The zero-order valence-electron chi connectivity index (χ0n) is 17.0. The van der Waals surface area contributed by atoms with Gasteiger partial charge in [-0.1, -0.05) is 60.1 Å². The van der Waals surface area contributed by atoms with Crippen molar-refractivity contribution < 1.29 is 9.47 Å². The fourth-order valence-corrected chi connectivity index (χ4v) is 3.32. The fraction of sp³-hybridized carbons (Fsp3) is 0.333. The molecule has 3 aromatic rings. The molecule has 0 aliphatic rings. The smallest absolute Gasteiger partial charge is 0.124 e. The highest BCUT2D eigenvalue weighted by Crippen LogP contribution is 2.29. The van der Waals surface area contributed by atoms with Crippen LogP contribution in [-0.2, 0) is 17.9 Å². The summed E-state index contributed by atoms with van der Waals surface area (Å²) < 4.78 is 11.8. The van der Waals surface area contributed by atoms with Gasteiger partial charge < -0.3 is 14.8 Å². The van der Waals surface area contributed by atoms with Crippen molar-refractivity contribution in [1.82, 2.24) is 5.32 Å². The van der Waals surface area contributed by atoms with E-state index in [1.54, 1.807) is 0 Å². The predicted molar refractivity (Wildman–Crippen MR) is 124 cm³/mol.